The predicted molar refractivity (Wildman–Crippen MR) is 254 cm³/mol. The molecule has 0 saturated carbocycles. The monoisotopic (exact) mass is 771 g/mol. The van der Waals surface area contributed by atoms with Gasteiger partial charge in [0, 0.05) is 5.56 Å². The molecule has 0 fully saturated rings. The summed E-state index contributed by atoms with van der Waals surface area (Å²) in [5, 5.41) is 11.4. The third-order valence-electron chi connectivity index (χ3n) is 12.5. The number of hydrogen-bond acceptors (Lipinski definition) is 2. The van der Waals surface area contributed by atoms with E-state index in [1.54, 1.807) is 11.3 Å². The number of thiazole rings is 1. The fourth-order valence-corrected chi connectivity index (χ4v) is 10.3. The Morgan fingerprint density at radius 2 is 0.949 bits per heavy atom. The fraction of sp³-hybridized carbons (Fsp3) is 0.0702. The molecule has 0 aliphatic heterocycles. The summed E-state index contributed by atoms with van der Waals surface area (Å²) >= 11 is 1.77. The van der Waals surface area contributed by atoms with Crippen LogP contribution in [0.2, 0.25) is 0 Å². The van der Waals surface area contributed by atoms with Crippen LogP contribution in [-0.4, -0.2) is 4.98 Å². The summed E-state index contributed by atoms with van der Waals surface area (Å²) in [5.74, 6) is 0.496. The fourth-order valence-electron chi connectivity index (χ4n) is 9.34. The van der Waals surface area contributed by atoms with Crippen LogP contribution in [0.15, 0.2) is 206 Å². The topological polar surface area (TPSA) is 12.9 Å². The summed E-state index contributed by atoms with van der Waals surface area (Å²) in [6, 6.07) is 76.2. The second kappa shape index (κ2) is 14.8. The van der Waals surface area contributed by atoms with E-state index >= 15 is 0 Å². The van der Waals surface area contributed by atoms with Crippen LogP contribution in [-0.2, 0) is 6.42 Å². The molecule has 59 heavy (non-hydrogen) atoms. The van der Waals surface area contributed by atoms with Gasteiger partial charge in [0.15, 0.2) is 0 Å². The average molecular weight is 772 g/mol. The Hall–Kier alpha value is -6.87. The van der Waals surface area contributed by atoms with Gasteiger partial charge < -0.3 is 0 Å². The van der Waals surface area contributed by atoms with E-state index in [2.05, 4.69) is 213 Å². The molecule has 2 heteroatoms. The largest absolute Gasteiger partial charge is 0.236 e. The number of hydrogen-bond donors (Lipinski definition) is 0. The second-order valence-electron chi connectivity index (χ2n) is 15.9. The van der Waals surface area contributed by atoms with Crippen LogP contribution in [0.3, 0.4) is 0 Å². The minimum Gasteiger partial charge on any atom is -0.236 e. The van der Waals surface area contributed by atoms with Gasteiger partial charge in [0.25, 0.3) is 0 Å². The van der Waals surface area contributed by atoms with Gasteiger partial charge in [-0.1, -0.05) is 183 Å². The van der Waals surface area contributed by atoms with Gasteiger partial charge >= 0.3 is 0 Å². The van der Waals surface area contributed by atoms with E-state index in [0.717, 1.165) is 16.9 Å². The Bertz CT molecular complexity index is 3290. The summed E-state index contributed by atoms with van der Waals surface area (Å²) in [6.07, 6.45) is 0.920. The molecule has 0 amide bonds. The molecule has 1 heterocycles. The number of rotatable bonds is 8. The number of nitrogens with zero attached hydrogens (tertiary/aromatic N) is 1. The van der Waals surface area contributed by atoms with Crippen molar-refractivity contribution in [1.82, 2.24) is 4.98 Å². The summed E-state index contributed by atoms with van der Waals surface area (Å²) in [7, 11) is 0. The molecule has 0 saturated heterocycles. The van der Waals surface area contributed by atoms with E-state index in [1.165, 1.54) is 92.3 Å². The highest BCUT2D eigenvalue weighted by Gasteiger charge is 2.23. The van der Waals surface area contributed by atoms with Crippen molar-refractivity contribution in [3.05, 3.63) is 223 Å². The zero-order chi connectivity index (χ0) is 39.3. The van der Waals surface area contributed by atoms with Crippen LogP contribution >= 0.6 is 11.3 Å². The summed E-state index contributed by atoms with van der Waals surface area (Å²) in [6.45, 7) is 2.41. The van der Waals surface area contributed by atoms with E-state index in [-0.39, 0.29) is 11.8 Å². The van der Waals surface area contributed by atoms with Crippen LogP contribution in [0.4, 0.5) is 0 Å². The predicted octanol–water partition coefficient (Wildman–Crippen LogP) is 16.0. The summed E-state index contributed by atoms with van der Waals surface area (Å²) in [4.78, 5) is 5.02. The number of aromatic nitrogens is 1. The molecule has 0 radical (unpaired) electrons. The van der Waals surface area contributed by atoms with Gasteiger partial charge in [-0.05, 0) is 131 Å². The van der Waals surface area contributed by atoms with Crippen molar-refractivity contribution in [2.45, 2.75) is 25.2 Å². The molecule has 1 aromatic heterocycles. The molecule has 11 rings (SSSR count). The Morgan fingerprint density at radius 1 is 0.424 bits per heavy atom. The lowest BCUT2D eigenvalue weighted by atomic mass is 9.78. The van der Waals surface area contributed by atoms with Crippen molar-refractivity contribution >= 4 is 64.6 Å². The highest BCUT2D eigenvalue weighted by Crippen LogP contribution is 2.41. The second-order valence-corrected chi connectivity index (χ2v) is 16.9. The van der Waals surface area contributed by atoms with E-state index in [0.29, 0.717) is 0 Å². The maximum Gasteiger partial charge on any atom is 0.124 e. The number of benzene rings is 10. The summed E-state index contributed by atoms with van der Waals surface area (Å²) < 4.78 is 1.22. The maximum absolute atomic E-state index is 5.02. The number of para-hydroxylation sites is 1. The van der Waals surface area contributed by atoms with Crippen molar-refractivity contribution < 1.29 is 0 Å². The molecular formula is C57H41NS. The molecule has 0 bridgehead atoms. The van der Waals surface area contributed by atoms with E-state index in [9.17, 15) is 0 Å². The molecule has 2 atom stereocenters. The first-order valence-electron chi connectivity index (χ1n) is 20.6. The van der Waals surface area contributed by atoms with E-state index in [1.807, 2.05) is 0 Å². The lowest BCUT2D eigenvalue weighted by Crippen LogP contribution is -2.12. The molecule has 2 unspecified atom stereocenters. The van der Waals surface area contributed by atoms with Gasteiger partial charge in [-0.25, -0.2) is 4.98 Å². The van der Waals surface area contributed by atoms with Crippen molar-refractivity contribution in [3.63, 3.8) is 0 Å². The lowest BCUT2D eigenvalue weighted by molar-refractivity contribution is 0.572. The highest BCUT2D eigenvalue weighted by atomic mass is 32.1. The van der Waals surface area contributed by atoms with E-state index in [4.69, 9.17) is 4.98 Å². The molecule has 0 N–H and O–H groups in total. The normalized spacial score (nSPS) is 12.8. The van der Waals surface area contributed by atoms with Gasteiger partial charge in [0.05, 0.1) is 10.2 Å². The Labute approximate surface area is 348 Å². The zero-order valence-corrected chi connectivity index (χ0v) is 33.7. The van der Waals surface area contributed by atoms with Crippen LogP contribution in [0.1, 0.15) is 35.4 Å². The van der Waals surface area contributed by atoms with Crippen LogP contribution < -0.4 is 0 Å². The van der Waals surface area contributed by atoms with Gasteiger partial charge in [-0.15, -0.1) is 11.3 Å². The molecule has 280 valence electrons. The minimum atomic E-state index is 0.246. The van der Waals surface area contributed by atoms with Gasteiger partial charge in [-0.2, -0.15) is 0 Å². The third-order valence-corrected chi connectivity index (χ3v) is 13.5. The quantitative estimate of drug-likeness (QED) is 0.140. The molecule has 0 spiro atoms. The first kappa shape index (κ1) is 35.3. The van der Waals surface area contributed by atoms with Crippen molar-refractivity contribution in [2.75, 3.05) is 0 Å². The molecular weight excluding hydrogens is 731 g/mol. The first-order valence-corrected chi connectivity index (χ1v) is 21.4. The first-order chi connectivity index (χ1) is 29.1. The van der Waals surface area contributed by atoms with Crippen molar-refractivity contribution in [3.8, 4) is 32.8 Å². The maximum atomic E-state index is 5.02. The molecule has 10 aromatic carbocycles. The molecule has 11 aromatic rings. The van der Waals surface area contributed by atoms with Crippen molar-refractivity contribution in [2.24, 2.45) is 0 Å². The third kappa shape index (κ3) is 6.47. The van der Waals surface area contributed by atoms with Gasteiger partial charge in [0.2, 0.25) is 0 Å². The van der Waals surface area contributed by atoms with Crippen LogP contribution in [0.5, 0.6) is 0 Å². The lowest BCUT2D eigenvalue weighted by Gasteiger charge is -2.26. The molecule has 0 aliphatic carbocycles. The van der Waals surface area contributed by atoms with Crippen molar-refractivity contribution in [1.29, 1.82) is 0 Å². The SMILES string of the molecule is CC(c1cccc(-c2nc3ccccc3s2)c1)C(Cc1ccc(-c2cc3ccccc3c3ccccc23)cc1)c1ccc(-c2cc3ccccc3c3ccccc23)cc1. The molecule has 0 aliphatic rings. The van der Waals surface area contributed by atoms with Gasteiger partial charge in [0.1, 0.15) is 5.01 Å². The number of fused-ring (bicyclic) bond motifs is 7. The minimum absolute atomic E-state index is 0.246. The van der Waals surface area contributed by atoms with Crippen LogP contribution in [0.25, 0.3) is 86.1 Å². The Kier molecular flexibility index (Phi) is 8.86. The van der Waals surface area contributed by atoms with Gasteiger partial charge in [-0.3, -0.25) is 0 Å². The van der Waals surface area contributed by atoms with E-state index < -0.39 is 0 Å². The zero-order valence-electron chi connectivity index (χ0n) is 32.8. The average Bonchev–Trinajstić information content (AvgIpc) is 3.75. The Balaban J connectivity index is 0.975. The highest BCUT2D eigenvalue weighted by molar-refractivity contribution is 7.21. The molecule has 1 nitrogen and oxygen atoms in total. The smallest absolute Gasteiger partial charge is 0.124 e. The Morgan fingerprint density at radius 3 is 1.56 bits per heavy atom. The summed E-state index contributed by atoms with van der Waals surface area (Å²) in [5.41, 5.74) is 11.3. The van der Waals surface area contributed by atoms with Crippen LogP contribution in [0, 0.1) is 0 Å². The standard InChI is InChI=1S/C57H41NS/c1-37(42-15-12-16-45(34-42)57-58-55-23-10-11-24-56(55)59-57)52(39-29-31-41(32-30-39)54-36-44-14-3-5-18-47(44)49-20-7-9-22-51(49)54)33-38-25-27-40(28-26-38)53-35-43-13-2-4-17-46(43)48-19-6-8-21-50(48)53/h2-32,34-37,52H,33H2,1H3.